The van der Waals surface area contributed by atoms with E-state index >= 15 is 0 Å². The summed E-state index contributed by atoms with van der Waals surface area (Å²) in [6.07, 6.45) is 3.70. The summed E-state index contributed by atoms with van der Waals surface area (Å²) in [4.78, 5) is 46.3. The second-order valence-electron chi connectivity index (χ2n) is 10.2. The topological polar surface area (TPSA) is 90.4 Å². The Labute approximate surface area is 217 Å². The number of likely N-dealkylation sites (tertiary alicyclic amines) is 1. The van der Waals surface area contributed by atoms with Gasteiger partial charge in [-0.05, 0) is 43.5 Å². The number of aliphatic hydroxyl groups excluding tert-OH is 1. The lowest BCUT2D eigenvalue weighted by Crippen LogP contribution is -2.57. The van der Waals surface area contributed by atoms with E-state index in [1.807, 2.05) is 13.8 Å². The number of likely N-dealkylation sites (N-methyl/N-ethyl adjacent to an activating group) is 1. The lowest BCUT2D eigenvalue weighted by atomic mass is 9.62. The molecule has 36 heavy (non-hydrogen) atoms. The fraction of sp³-hybridized carbons (Fsp3) is 0.519. The van der Waals surface area contributed by atoms with E-state index in [0.717, 1.165) is 0 Å². The van der Waals surface area contributed by atoms with Crippen LogP contribution >= 0.6 is 11.6 Å². The van der Waals surface area contributed by atoms with Gasteiger partial charge in [0.2, 0.25) is 11.8 Å². The van der Waals surface area contributed by atoms with Crippen molar-refractivity contribution in [1.29, 1.82) is 0 Å². The molecule has 0 aliphatic carbocycles. The van der Waals surface area contributed by atoms with E-state index in [0.29, 0.717) is 23.7 Å². The molecule has 4 rings (SSSR count). The summed E-state index contributed by atoms with van der Waals surface area (Å²) in [6.45, 7) is 11.6. The third-order valence-corrected chi connectivity index (χ3v) is 8.40. The summed E-state index contributed by atoms with van der Waals surface area (Å²) in [5, 5.41) is 10.4. The number of nitrogens with zero attached hydrogens (tertiary/aromatic N) is 3. The fourth-order valence-electron chi connectivity index (χ4n) is 6.48. The van der Waals surface area contributed by atoms with Crippen LogP contribution in [0.3, 0.4) is 0 Å². The quantitative estimate of drug-likeness (QED) is 0.510. The minimum absolute atomic E-state index is 0.0338. The normalized spacial score (nSPS) is 32.4. The Kier molecular flexibility index (Phi) is 7.07. The highest BCUT2D eigenvalue weighted by atomic mass is 35.5. The van der Waals surface area contributed by atoms with Gasteiger partial charge in [0, 0.05) is 37.4 Å². The van der Waals surface area contributed by atoms with Crippen LogP contribution in [-0.4, -0.2) is 83.2 Å². The van der Waals surface area contributed by atoms with Gasteiger partial charge in [-0.3, -0.25) is 14.4 Å². The van der Waals surface area contributed by atoms with Crippen LogP contribution in [0.5, 0.6) is 0 Å². The highest BCUT2D eigenvalue weighted by Crippen LogP contribution is 2.65. The fourth-order valence-corrected chi connectivity index (χ4v) is 6.61. The molecular weight excluding hydrogens is 482 g/mol. The zero-order valence-corrected chi connectivity index (χ0v) is 21.8. The smallest absolute Gasteiger partial charge is 0.253 e. The number of halogens is 1. The molecule has 1 N–H and O–H groups in total. The van der Waals surface area contributed by atoms with Gasteiger partial charge in [-0.1, -0.05) is 30.7 Å². The number of rotatable bonds is 9. The number of anilines is 1. The molecule has 3 aliphatic heterocycles. The highest BCUT2D eigenvalue weighted by Gasteiger charge is 2.80. The first-order chi connectivity index (χ1) is 17.1. The van der Waals surface area contributed by atoms with Crippen molar-refractivity contribution in [3.05, 3.63) is 54.6 Å². The maximum absolute atomic E-state index is 14.3. The monoisotopic (exact) mass is 515 g/mol. The Morgan fingerprint density at radius 2 is 1.86 bits per heavy atom. The van der Waals surface area contributed by atoms with Crippen molar-refractivity contribution < 1.29 is 24.2 Å². The molecule has 8 nitrogen and oxygen atoms in total. The van der Waals surface area contributed by atoms with Crippen LogP contribution in [0, 0.1) is 17.8 Å². The summed E-state index contributed by atoms with van der Waals surface area (Å²) in [6, 6.07) is 5.86. The van der Waals surface area contributed by atoms with Gasteiger partial charge in [-0.2, -0.15) is 0 Å². The van der Waals surface area contributed by atoms with E-state index in [1.54, 1.807) is 53.3 Å². The summed E-state index contributed by atoms with van der Waals surface area (Å²) in [5.74, 6) is -2.53. The molecule has 1 spiro atoms. The molecule has 2 bridgehead atoms. The van der Waals surface area contributed by atoms with E-state index in [9.17, 15) is 19.5 Å². The molecule has 9 heteroatoms. The Morgan fingerprint density at radius 1 is 1.22 bits per heavy atom. The average Bonchev–Trinajstić information content (AvgIpc) is 3.35. The summed E-state index contributed by atoms with van der Waals surface area (Å²) >= 11 is 6.07. The Balaban J connectivity index is 1.82. The number of fused-ring (bicyclic) bond motifs is 1. The van der Waals surface area contributed by atoms with Gasteiger partial charge in [-0.15, -0.1) is 13.2 Å². The SMILES string of the molecule is C=CCN(C)C(=O)[C@@H]1[C@H]2C(=O)N(CCO)C(C(=O)N(CC=C)c3ccc(Cl)cc3)C23CC(C)[C@@]1(C)O3. The molecule has 3 heterocycles. The summed E-state index contributed by atoms with van der Waals surface area (Å²) in [5.41, 5.74) is -1.48. The van der Waals surface area contributed by atoms with Crippen LogP contribution in [0.4, 0.5) is 5.69 Å². The van der Waals surface area contributed by atoms with Crippen molar-refractivity contribution in [2.45, 2.75) is 37.5 Å². The molecule has 0 aromatic heterocycles. The molecule has 3 unspecified atom stereocenters. The van der Waals surface area contributed by atoms with Gasteiger partial charge < -0.3 is 24.5 Å². The van der Waals surface area contributed by atoms with Gasteiger partial charge in [0.15, 0.2) is 0 Å². The zero-order chi connectivity index (χ0) is 26.4. The van der Waals surface area contributed by atoms with Gasteiger partial charge in [0.05, 0.1) is 24.0 Å². The molecule has 0 radical (unpaired) electrons. The molecule has 194 valence electrons. The predicted molar refractivity (Wildman–Crippen MR) is 137 cm³/mol. The third kappa shape index (κ3) is 3.78. The van der Waals surface area contributed by atoms with E-state index < -0.39 is 29.1 Å². The van der Waals surface area contributed by atoms with Crippen LogP contribution in [0.2, 0.25) is 5.02 Å². The predicted octanol–water partition coefficient (Wildman–Crippen LogP) is 2.51. The third-order valence-electron chi connectivity index (χ3n) is 8.15. The van der Waals surface area contributed by atoms with Crippen LogP contribution in [0.15, 0.2) is 49.6 Å². The van der Waals surface area contributed by atoms with Gasteiger partial charge in [-0.25, -0.2) is 0 Å². The second-order valence-corrected chi connectivity index (χ2v) is 10.6. The van der Waals surface area contributed by atoms with Crippen molar-refractivity contribution in [3.63, 3.8) is 0 Å². The molecular formula is C27H34ClN3O5. The second kappa shape index (κ2) is 9.65. The first kappa shape index (κ1) is 26.4. The number of hydrogen-bond acceptors (Lipinski definition) is 5. The maximum Gasteiger partial charge on any atom is 0.253 e. The van der Waals surface area contributed by atoms with Crippen molar-refractivity contribution in [2.24, 2.45) is 17.8 Å². The van der Waals surface area contributed by atoms with E-state index in [1.165, 1.54) is 4.90 Å². The minimum Gasteiger partial charge on any atom is -0.395 e. The number of benzene rings is 1. The molecule has 3 amide bonds. The molecule has 3 aliphatic rings. The summed E-state index contributed by atoms with van der Waals surface area (Å²) < 4.78 is 6.70. The van der Waals surface area contributed by atoms with Gasteiger partial charge in [0.25, 0.3) is 5.91 Å². The number of amides is 3. The van der Waals surface area contributed by atoms with Gasteiger partial charge >= 0.3 is 0 Å². The van der Waals surface area contributed by atoms with Crippen molar-refractivity contribution in [3.8, 4) is 0 Å². The molecule has 1 aromatic carbocycles. The lowest BCUT2D eigenvalue weighted by Gasteiger charge is -2.38. The Hall–Kier alpha value is -2.68. The molecule has 0 saturated carbocycles. The first-order valence-corrected chi connectivity index (χ1v) is 12.6. The Bertz CT molecular complexity index is 1080. The molecule has 3 fully saturated rings. The number of aliphatic hydroxyl groups is 1. The number of carbonyl (C=O) groups excluding carboxylic acids is 3. The Morgan fingerprint density at radius 3 is 2.44 bits per heavy atom. The van der Waals surface area contributed by atoms with E-state index in [-0.39, 0.29) is 43.3 Å². The number of carbonyl (C=O) groups is 3. The van der Waals surface area contributed by atoms with E-state index in [2.05, 4.69) is 13.2 Å². The van der Waals surface area contributed by atoms with Crippen molar-refractivity contribution >= 4 is 35.0 Å². The number of β-amino-alcohol motifs (C(OH)–C–C–N with tert-alkyl or cyclic N) is 1. The van der Waals surface area contributed by atoms with Gasteiger partial charge in [0.1, 0.15) is 11.6 Å². The lowest BCUT2D eigenvalue weighted by molar-refractivity contribution is -0.150. The first-order valence-electron chi connectivity index (χ1n) is 12.2. The van der Waals surface area contributed by atoms with Crippen LogP contribution in [0.1, 0.15) is 20.3 Å². The largest absolute Gasteiger partial charge is 0.395 e. The average molecular weight is 516 g/mol. The molecule has 1 aromatic rings. The standard InChI is InChI=1S/C27H34ClN3O5/c1-6-12-29(5)23(33)20-21-24(34)31(14-15-32)22(27(21)16-17(3)26(20,4)36-27)25(35)30(13-7-2)19-10-8-18(28)9-11-19/h6-11,17,20-22,32H,1-2,12-16H2,3-5H3/t17?,20-,21-,22?,26+,27?/m0/s1. The number of ether oxygens (including phenoxy) is 1. The van der Waals surface area contributed by atoms with Crippen LogP contribution in [0.25, 0.3) is 0 Å². The molecule has 6 atom stereocenters. The van der Waals surface area contributed by atoms with Crippen molar-refractivity contribution in [1.82, 2.24) is 9.80 Å². The maximum atomic E-state index is 14.3. The van der Waals surface area contributed by atoms with Crippen molar-refractivity contribution in [2.75, 3.05) is 38.2 Å². The summed E-state index contributed by atoms with van der Waals surface area (Å²) in [7, 11) is 1.68. The minimum atomic E-state index is -1.18. The highest BCUT2D eigenvalue weighted by molar-refractivity contribution is 6.30. The number of hydrogen-bond donors (Lipinski definition) is 1. The van der Waals surface area contributed by atoms with E-state index in [4.69, 9.17) is 16.3 Å². The molecule has 3 saturated heterocycles. The van der Waals surface area contributed by atoms with Crippen LogP contribution < -0.4 is 4.90 Å². The zero-order valence-electron chi connectivity index (χ0n) is 21.0. The van der Waals surface area contributed by atoms with Crippen LogP contribution in [-0.2, 0) is 19.1 Å².